The highest BCUT2D eigenvalue weighted by molar-refractivity contribution is 5.91. The van der Waals surface area contributed by atoms with Crippen LogP contribution in [-0.2, 0) is 4.79 Å². The molecule has 1 atom stereocenters. The molecule has 2 aromatic carbocycles. The van der Waals surface area contributed by atoms with E-state index in [4.69, 9.17) is 0 Å². The zero-order valence-electron chi connectivity index (χ0n) is 16.4. The van der Waals surface area contributed by atoms with Gasteiger partial charge in [-0.25, -0.2) is 14.4 Å². The molecule has 1 amide bonds. The van der Waals surface area contributed by atoms with Crippen LogP contribution in [0, 0.1) is 5.82 Å². The molecule has 1 fully saturated rings. The number of nitrogens with zero attached hydrogens (tertiary/aromatic N) is 3. The monoisotopic (exact) mass is 397 g/mol. The second kappa shape index (κ2) is 9.29. The van der Waals surface area contributed by atoms with Gasteiger partial charge in [-0.05, 0) is 43.3 Å². The fourth-order valence-electron chi connectivity index (χ4n) is 2.97. The molecule has 3 N–H and O–H groups in total. The number of carbonyl (C=O) groups excluding carboxylic acids is 1. The summed E-state index contributed by atoms with van der Waals surface area (Å²) in [5, 5.41) is 17.7. The van der Waals surface area contributed by atoms with Crippen molar-refractivity contribution in [3.63, 3.8) is 0 Å². The van der Waals surface area contributed by atoms with Gasteiger partial charge in [0.05, 0.1) is 11.1 Å². The Kier molecular flexibility index (Phi) is 6.56. The van der Waals surface area contributed by atoms with Crippen LogP contribution in [0.5, 0.6) is 5.75 Å². The summed E-state index contributed by atoms with van der Waals surface area (Å²) in [7, 11) is 3.38. The number of halogens is 1. The molecular formula is C21H24FN5O2. The van der Waals surface area contributed by atoms with E-state index in [0.717, 1.165) is 36.8 Å². The number of benzene rings is 2. The van der Waals surface area contributed by atoms with Gasteiger partial charge in [-0.15, -0.1) is 0 Å². The molecule has 0 aliphatic carbocycles. The number of hydrogen-bond acceptors (Lipinski definition) is 6. The average molecular weight is 397 g/mol. The van der Waals surface area contributed by atoms with E-state index in [1.165, 1.54) is 23.1 Å². The maximum Gasteiger partial charge on any atom is 0.209 e. The molecule has 0 saturated carbocycles. The number of amides is 1. The van der Waals surface area contributed by atoms with E-state index < -0.39 is 5.82 Å². The predicted octanol–water partition coefficient (Wildman–Crippen LogP) is 2.62. The number of carbonyl (C=O) groups is 1. The number of fused-ring (bicyclic) bond motifs is 1. The fraction of sp³-hybridized carbons (Fsp3) is 0.286. The van der Waals surface area contributed by atoms with Gasteiger partial charge in [0.25, 0.3) is 0 Å². The maximum absolute atomic E-state index is 13.6. The SMILES string of the molecule is CN(C)C=O.Oc1ccc(F)cc1-c1nc(NC2CCNC2)c2ccccc2n1. The molecule has 1 aliphatic rings. The zero-order chi connectivity index (χ0) is 20.8. The van der Waals surface area contributed by atoms with Crippen LogP contribution in [-0.4, -0.2) is 59.6 Å². The minimum atomic E-state index is -0.436. The molecule has 1 aromatic heterocycles. The molecule has 1 saturated heterocycles. The Labute approximate surface area is 168 Å². The zero-order valence-corrected chi connectivity index (χ0v) is 16.4. The van der Waals surface area contributed by atoms with Crippen LogP contribution in [0.25, 0.3) is 22.3 Å². The summed E-state index contributed by atoms with van der Waals surface area (Å²) < 4.78 is 13.6. The van der Waals surface area contributed by atoms with E-state index in [1.54, 1.807) is 14.1 Å². The number of hydrogen-bond donors (Lipinski definition) is 3. The number of phenols is 1. The molecule has 0 spiro atoms. The van der Waals surface area contributed by atoms with Crippen molar-refractivity contribution in [2.24, 2.45) is 0 Å². The molecule has 7 nitrogen and oxygen atoms in total. The highest BCUT2D eigenvalue weighted by atomic mass is 19.1. The molecule has 2 heterocycles. The van der Waals surface area contributed by atoms with Crippen molar-refractivity contribution < 1.29 is 14.3 Å². The summed E-state index contributed by atoms with van der Waals surface area (Å²) in [4.78, 5) is 19.9. The standard InChI is InChI=1S/C18H17FN4O.C3H7NO/c19-11-5-6-16(24)14(9-11)18-22-15-4-2-1-3-13(15)17(23-18)21-12-7-8-20-10-12;1-4(2)3-5/h1-6,9,12,20,24H,7-8,10H2,(H,21,22,23);3H,1-2H3. The van der Waals surface area contributed by atoms with Gasteiger partial charge in [-0.3, -0.25) is 4.79 Å². The van der Waals surface area contributed by atoms with Crippen molar-refractivity contribution >= 4 is 23.1 Å². The third kappa shape index (κ3) is 5.17. The minimum Gasteiger partial charge on any atom is -0.507 e. The molecule has 4 rings (SSSR count). The molecule has 29 heavy (non-hydrogen) atoms. The van der Waals surface area contributed by atoms with Crippen LogP contribution < -0.4 is 10.6 Å². The van der Waals surface area contributed by atoms with Gasteiger partial charge in [0.2, 0.25) is 6.41 Å². The van der Waals surface area contributed by atoms with E-state index in [9.17, 15) is 14.3 Å². The number of nitrogens with one attached hydrogen (secondary N) is 2. The number of rotatable bonds is 4. The lowest BCUT2D eigenvalue weighted by Gasteiger charge is -2.15. The quantitative estimate of drug-likeness (QED) is 0.587. The van der Waals surface area contributed by atoms with Crippen molar-refractivity contribution in [1.82, 2.24) is 20.2 Å². The molecule has 0 bridgehead atoms. The Hall–Kier alpha value is -3.26. The van der Waals surface area contributed by atoms with Crippen LogP contribution in [0.15, 0.2) is 42.5 Å². The van der Waals surface area contributed by atoms with E-state index in [-0.39, 0.29) is 17.4 Å². The summed E-state index contributed by atoms with van der Waals surface area (Å²) in [5.74, 6) is 0.529. The number of anilines is 1. The highest BCUT2D eigenvalue weighted by Gasteiger charge is 2.18. The van der Waals surface area contributed by atoms with E-state index in [2.05, 4.69) is 20.6 Å². The average Bonchev–Trinajstić information content (AvgIpc) is 3.23. The number of aromatic hydroxyl groups is 1. The number of para-hydroxylation sites is 1. The molecule has 3 aromatic rings. The van der Waals surface area contributed by atoms with Gasteiger partial charge in [0.15, 0.2) is 5.82 Å². The third-order valence-electron chi connectivity index (χ3n) is 4.41. The third-order valence-corrected chi connectivity index (χ3v) is 4.41. The molecule has 1 aliphatic heterocycles. The first-order chi connectivity index (χ1) is 14.0. The predicted molar refractivity (Wildman–Crippen MR) is 111 cm³/mol. The maximum atomic E-state index is 13.6. The molecule has 0 radical (unpaired) electrons. The first-order valence-electron chi connectivity index (χ1n) is 9.32. The van der Waals surface area contributed by atoms with Gasteiger partial charge in [-0.1, -0.05) is 12.1 Å². The van der Waals surface area contributed by atoms with Crippen molar-refractivity contribution in [3.05, 3.63) is 48.3 Å². The first kappa shape index (κ1) is 20.5. The lowest BCUT2D eigenvalue weighted by Crippen LogP contribution is -2.23. The Morgan fingerprint density at radius 1 is 1.24 bits per heavy atom. The van der Waals surface area contributed by atoms with Crippen LogP contribution in [0.1, 0.15) is 6.42 Å². The van der Waals surface area contributed by atoms with Crippen molar-refractivity contribution in [2.45, 2.75) is 12.5 Å². The van der Waals surface area contributed by atoms with E-state index in [0.29, 0.717) is 11.6 Å². The van der Waals surface area contributed by atoms with Crippen molar-refractivity contribution in [2.75, 3.05) is 32.5 Å². The molecule has 8 heteroatoms. The fourth-order valence-corrected chi connectivity index (χ4v) is 2.97. The van der Waals surface area contributed by atoms with Crippen molar-refractivity contribution in [1.29, 1.82) is 0 Å². The molecular weight excluding hydrogens is 373 g/mol. The van der Waals surface area contributed by atoms with Crippen LogP contribution in [0.4, 0.5) is 10.2 Å². The second-order valence-corrected chi connectivity index (χ2v) is 6.98. The van der Waals surface area contributed by atoms with Gasteiger partial charge in [-0.2, -0.15) is 0 Å². The van der Waals surface area contributed by atoms with Crippen LogP contribution in [0.2, 0.25) is 0 Å². The van der Waals surface area contributed by atoms with Gasteiger partial charge < -0.3 is 20.6 Å². The van der Waals surface area contributed by atoms with Gasteiger partial charge in [0.1, 0.15) is 17.4 Å². The molecule has 1 unspecified atom stereocenters. The lowest BCUT2D eigenvalue weighted by molar-refractivity contribution is -0.115. The highest BCUT2D eigenvalue weighted by Crippen LogP contribution is 2.31. The van der Waals surface area contributed by atoms with Crippen LogP contribution >= 0.6 is 0 Å². The number of phenolic OH excluding ortho intramolecular Hbond substituents is 1. The van der Waals surface area contributed by atoms with E-state index >= 15 is 0 Å². The lowest BCUT2D eigenvalue weighted by atomic mass is 10.1. The second-order valence-electron chi connectivity index (χ2n) is 6.98. The molecule has 152 valence electrons. The van der Waals surface area contributed by atoms with Gasteiger partial charge in [0, 0.05) is 32.1 Å². The Bertz CT molecular complexity index is 990. The summed E-state index contributed by atoms with van der Waals surface area (Å²) >= 11 is 0. The van der Waals surface area contributed by atoms with Gasteiger partial charge >= 0.3 is 0 Å². The Balaban J connectivity index is 0.000000431. The topological polar surface area (TPSA) is 90.4 Å². The van der Waals surface area contributed by atoms with E-state index in [1.807, 2.05) is 24.3 Å². The number of aromatic nitrogens is 2. The summed E-state index contributed by atoms with van der Waals surface area (Å²) in [6.45, 7) is 1.84. The largest absolute Gasteiger partial charge is 0.507 e. The Morgan fingerprint density at radius 3 is 2.69 bits per heavy atom. The first-order valence-corrected chi connectivity index (χ1v) is 9.32. The normalized spacial score (nSPS) is 15.5. The summed E-state index contributed by atoms with van der Waals surface area (Å²) in [5.41, 5.74) is 1.04. The van der Waals surface area contributed by atoms with Crippen molar-refractivity contribution in [3.8, 4) is 17.1 Å². The summed E-state index contributed by atoms with van der Waals surface area (Å²) in [6, 6.07) is 11.7. The minimum absolute atomic E-state index is 0.0415. The summed E-state index contributed by atoms with van der Waals surface area (Å²) in [6.07, 6.45) is 1.76. The Morgan fingerprint density at radius 2 is 2.00 bits per heavy atom. The van der Waals surface area contributed by atoms with Crippen LogP contribution in [0.3, 0.4) is 0 Å². The smallest absolute Gasteiger partial charge is 0.209 e.